The van der Waals surface area contributed by atoms with Gasteiger partial charge >= 0.3 is 0 Å². The zero-order valence-electron chi connectivity index (χ0n) is 14.2. The highest BCUT2D eigenvalue weighted by molar-refractivity contribution is 9.10. The number of nitrogens with zero attached hydrogens (tertiary/aromatic N) is 1. The third-order valence-corrected chi connectivity index (χ3v) is 6.29. The molecule has 2 atom stereocenters. The van der Waals surface area contributed by atoms with Crippen molar-refractivity contribution in [3.8, 4) is 0 Å². The number of carbonyl (C=O) groups is 1. The van der Waals surface area contributed by atoms with Gasteiger partial charge in [-0.2, -0.15) is 0 Å². The quantitative estimate of drug-likeness (QED) is 0.853. The fraction of sp³-hybridized carbons (Fsp3) is 0.381. The highest BCUT2D eigenvalue weighted by Crippen LogP contribution is 2.51. The minimum atomic E-state index is -0.311. The smallest absolute Gasteiger partial charge is 0.233 e. The molecule has 1 saturated carbocycles. The molecule has 2 fully saturated rings. The lowest BCUT2D eigenvalue weighted by atomic mass is 9.89. The molecule has 1 amide bonds. The zero-order valence-corrected chi connectivity index (χ0v) is 15.8. The lowest BCUT2D eigenvalue weighted by Gasteiger charge is -2.24. The predicted octanol–water partition coefficient (Wildman–Crippen LogP) is 3.68. The molecule has 0 aromatic heterocycles. The lowest BCUT2D eigenvalue weighted by Crippen LogP contribution is -2.38. The number of halogens is 1. The zero-order chi connectivity index (χ0) is 17.4. The van der Waals surface area contributed by atoms with Crippen molar-refractivity contribution in [1.29, 1.82) is 0 Å². The van der Waals surface area contributed by atoms with E-state index in [2.05, 4.69) is 57.2 Å². The molecule has 130 valence electrons. The SMILES string of the molecule is NC[C@@H]1CN(C(=O)C2(c3cccc(Br)c3)CC2)C[C@H]1c1ccccc1. The van der Waals surface area contributed by atoms with Crippen LogP contribution in [0.1, 0.15) is 29.9 Å². The summed E-state index contributed by atoms with van der Waals surface area (Å²) in [7, 11) is 0. The largest absolute Gasteiger partial charge is 0.341 e. The normalized spacial score (nSPS) is 24.3. The Bertz CT molecular complexity index is 772. The van der Waals surface area contributed by atoms with E-state index in [1.165, 1.54) is 5.56 Å². The maximum atomic E-state index is 13.3. The van der Waals surface area contributed by atoms with Crippen molar-refractivity contribution in [2.75, 3.05) is 19.6 Å². The van der Waals surface area contributed by atoms with Crippen molar-refractivity contribution in [3.05, 3.63) is 70.2 Å². The minimum Gasteiger partial charge on any atom is -0.341 e. The van der Waals surface area contributed by atoms with Crippen LogP contribution < -0.4 is 5.73 Å². The van der Waals surface area contributed by atoms with Crippen molar-refractivity contribution >= 4 is 21.8 Å². The topological polar surface area (TPSA) is 46.3 Å². The minimum absolute atomic E-state index is 0.280. The van der Waals surface area contributed by atoms with Crippen LogP contribution in [0.15, 0.2) is 59.1 Å². The van der Waals surface area contributed by atoms with Crippen LogP contribution in [0.4, 0.5) is 0 Å². The number of nitrogens with two attached hydrogens (primary N) is 1. The van der Waals surface area contributed by atoms with Crippen molar-refractivity contribution < 1.29 is 4.79 Å². The average molecular weight is 399 g/mol. The van der Waals surface area contributed by atoms with Crippen molar-refractivity contribution in [2.24, 2.45) is 11.7 Å². The van der Waals surface area contributed by atoms with Gasteiger partial charge in [0.1, 0.15) is 0 Å². The van der Waals surface area contributed by atoms with Gasteiger partial charge in [-0.25, -0.2) is 0 Å². The number of amides is 1. The molecule has 4 rings (SSSR count). The molecule has 25 heavy (non-hydrogen) atoms. The van der Waals surface area contributed by atoms with Gasteiger partial charge in [-0.3, -0.25) is 4.79 Å². The fourth-order valence-corrected chi connectivity index (χ4v) is 4.59. The summed E-state index contributed by atoms with van der Waals surface area (Å²) < 4.78 is 1.03. The van der Waals surface area contributed by atoms with Gasteiger partial charge in [0.2, 0.25) is 5.91 Å². The summed E-state index contributed by atoms with van der Waals surface area (Å²) in [6, 6.07) is 18.7. The van der Waals surface area contributed by atoms with E-state index in [0.717, 1.165) is 36.0 Å². The van der Waals surface area contributed by atoms with E-state index in [4.69, 9.17) is 5.73 Å². The van der Waals surface area contributed by atoms with Gasteiger partial charge in [-0.1, -0.05) is 58.4 Å². The first-order chi connectivity index (χ1) is 12.1. The average Bonchev–Trinajstić information content (AvgIpc) is 3.34. The second kappa shape index (κ2) is 6.58. The maximum Gasteiger partial charge on any atom is 0.233 e. The third kappa shape index (κ3) is 3.02. The van der Waals surface area contributed by atoms with E-state index in [-0.39, 0.29) is 11.3 Å². The Morgan fingerprint density at radius 2 is 1.88 bits per heavy atom. The second-order valence-corrected chi connectivity index (χ2v) is 8.23. The van der Waals surface area contributed by atoms with Crippen LogP contribution in [-0.2, 0) is 10.2 Å². The highest BCUT2D eigenvalue weighted by Gasteiger charge is 2.54. The van der Waals surface area contributed by atoms with Crippen LogP contribution in [0.3, 0.4) is 0 Å². The van der Waals surface area contributed by atoms with Crippen LogP contribution in [0.5, 0.6) is 0 Å². The molecule has 1 aliphatic heterocycles. The summed E-state index contributed by atoms with van der Waals surface area (Å²) in [5.74, 6) is 0.959. The molecule has 1 heterocycles. The van der Waals surface area contributed by atoms with E-state index in [1.54, 1.807) is 0 Å². The molecule has 0 unspecified atom stereocenters. The Balaban J connectivity index is 1.57. The molecule has 3 nitrogen and oxygen atoms in total. The van der Waals surface area contributed by atoms with Crippen LogP contribution in [0.2, 0.25) is 0 Å². The summed E-state index contributed by atoms with van der Waals surface area (Å²) in [6.07, 6.45) is 1.89. The van der Waals surface area contributed by atoms with Gasteiger partial charge < -0.3 is 10.6 Å². The van der Waals surface area contributed by atoms with Gasteiger partial charge in [0.05, 0.1) is 5.41 Å². The Morgan fingerprint density at radius 3 is 2.52 bits per heavy atom. The van der Waals surface area contributed by atoms with Gasteiger partial charge in [0, 0.05) is 23.5 Å². The Kier molecular flexibility index (Phi) is 4.42. The van der Waals surface area contributed by atoms with Gasteiger partial charge in [0.15, 0.2) is 0 Å². The predicted molar refractivity (Wildman–Crippen MR) is 103 cm³/mol. The molecule has 0 bridgehead atoms. The van der Waals surface area contributed by atoms with E-state index in [0.29, 0.717) is 18.4 Å². The van der Waals surface area contributed by atoms with Crippen LogP contribution >= 0.6 is 15.9 Å². The first kappa shape index (κ1) is 16.8. The second-order valence-electron chi connectivity index (χ2n) is 7.32. The van der Waals surface area contributed by atoms with E-state index in [1.807, 2.05) is 18.2 Å². The summed E-state index contributed by atoms with van der Waals surface area (Å²) in [4.78, 5) is 15.4. The highest BCUT2D eigenvalue weighted by atomic mass is 79.9. The molecule has 0 radical (unpaired) electrons. The van der Waals surface area contributed by atoms with Crippen molar-refractivity contribution in [3.63, 3.8) is 0 Å². The summed E-state index contributed by atoms with van der Waals surface area (Å²) >= 11 is 3.53. The van der Waals surface area contributed by atoms with Gasteiger partial charge in [-0.15, -0.1) is 0 Å². The number of likely N-dealkylation sites (tertiary alicyclic amines) is 1. The molecule has 4 heteroatoms. The molecular weight excluding hydrogens is 376 g/mol. The molecule has 1 saturated heterocycles. The van der Waals surface area contributed by atoms with Crippen LogP contribution in [0.25, 0.3) is 0 Å². The number of hydrogen-bond donors (Lipinski definition) is 1. The molecule has 0 spiro atoms. The van der Waals surface area contributed by atoms with Gasteiger partial charge in [-0.05, 0) is 48.6 Å². The summed E-state index contributed by atoms with van der Waals surface area (Å²) in [5.41, 5.74) is 8.15. The number of carbonyl (C=O) groups excluding carboxylic acids is 1. The van der Waals surface area contributed by atoms with Crippen molar-refractivity contribution in [2.45, 2.75) is 24.2 Å². The standard InChI is InChI=1S/C21H23BrN2O/c22-18-8-4-7-17(11-18)21(9-10-21)20(25)24-13-16(12-23)19(14-24)15-5-2-1-3-6-15/h1-8,11,16,19H,9-10,12-14,23H2/t16-,19+/m1/s1. The number of rotatable bonds is 4. The molecule has 2 aliphatic rings. The van der Waals surface area contributed by atoms with E-state index >= 15 is 0 Å². The van der Waals surface area contributed by atoms with Gasteiger partial charge in [0.25, 0.3) is 0 Å². The summed E-state index contributed by atoms with van der Waals surface area (Å²) in [5, 5.41) is 0. The number of benzene rings is 2. The van der Waals surface area contributed by atoms with Crippen LogP contribution in [0, 0.1) is 5.92 Å². The van der Waals surface area contributed by atoms with E-state index in [9.17, 15) is 4.79 Å². The molecule has 2 aromatic rings. The van der Waals surface area contributed by atoms with E-state index < -0.39 is 0 Å². The monoisotopic (exact) mass is 398 g/mol. The third-order valence-electron chi connectivity index (χ3n) is 5.80. The molecule has 1 aliphatic carbocycles. The summed E-state index contributed by atoms with van der Waals surface area (Å²) in [6.45, 7) is 2.17. The fourth-order valence-electron chi connectivity index (χ4n) is 4.19. The lowest BCUT2D eigenvalue weighted by molar-refractivity contribution is -0.133. The Hall–Kier alpha value is -1.65. The maximum absolute atomic E-state index is 13.3. The van der Waals surface area contributed by atoms with Crippen molar-refractivity contribution in [1.82, 2.24) is 4.90 Å². The van der Waals surface area contributed by atoms with Crippen LogP contribution in [-0.4, -0.2) is 30.4 Å². The molecular formula is C21H23BrN2O. The molecule has 2 N–H and O–H groups in total. The first-order valence-electron chi connectivity index (χ1n) is 8.94. The Morgan fingerprint density at radius 1 is 1.12 bits per heavy atom. The first-order valence-corrected chi connectivity index (χ1v) is 9.74. The number of hydrogen-bond acceptors (Lipinski definition) is 2. The Labute approximate surface area is 157 Å². The molecule has 2 aromatic carbocycles.